The molecule has 0 saturated heterocycles. The van der Waals surface area contributed by atoms with E-state index in [1.165, 1.54) is 0 Å². The quantitative estimate of drug-likeness (QED) is 0.743. The molecular formula is C13H15F6N. The Balaban J connectivity index is 3.48. The van der Waals surface area contributed by atoms with Crippen LogP contribution in [0.25, 0.3) is 0 Å². The molecule has 0 spiro atoms. The molecule has 1 rings (SSSR count). The van der Waals surface area contributed by atoms with Gasteiger partial charge in [0.25, 0.3) is 0 Å². The van der Waals surface area contributed by atoms with Crippen LogP contribution in [0, 0.1) is 5.41 Å². The highest BCUT2D eigenvalue weighted by Crippen LogP contribution is 2.42. The molecule has 2 N–H and O–H groups in total. The average Bonchev–Trinajstić information content (AvgIpc) is 2.23. The fourth-order valence-corrected chi connectivity index (χ4v) is 1.72. The van der Waals surface area contributed by atoms with Crippen LogP contribution in [-0.2, 0) is 12.4 Å². The Morgan fingerprint density at radius 2 is 1.40 bits per heavy atom. The second-order valence-electron chi connectivity index (χ2n) is 5.64. The maximum atomic E-state index is 12.9. The highest BCUT2D eigenvalue weighted by atomic mass is 19.4. The van der Waals surface area contributed by atoms with Crippen molar-refractivity contribution in [3.63, 3.8) is 0 Å². The Morgan fingerprint density at radius 1 is 0.900 bits per heavy atom. The van der Waals surface area contributed by atoms with Gasteiger partial charge in [0.05, 0.1) is 11.1 Å². The zero-order chi connectivity index (χ0) is 15.9. The molecular weight excluding hydrogens is 284 g/mol. The van der Waals surface area contributed by atoms with Gasteiger partial charge >= 0.3 is 12.4 Å². The van der Waals surface area contributed by atoms with Gasteiger partial charge in [0.15, 0.2) is 0 Å². The van der Waals surface area contributed by atoms with Crippen LogP contribution >= 0.6 is 0 Å². The third kappa shape index (κ3) is 3.65. The smallest absolute Gasteiger partial charge is 0.324 e. The second kappa shape index (κ2) is 4.95. The third-order valence-corrected chi connectivity index (χ3v) is 2.95. The minimum Gasteiger partial charge on any atom is -0.324 e. The first kappa shape index (κ1) is 16.8. The predicted molar refractivity (Wildman–Crippen MR) is 62.8 cm³/mol. The molecule has 0 amide bonds. The van der Waals surface area contributed by atoms with E-state index in [1.807, 2.05) is 0 Å². The van der Waals surface area contributed by atoms with E-state index in [0.717, 1.165) is 6.07 Å². The minimum absolute atomic E-state index is 0.112. The fraction of sp³-hybridized carbons (Fsp3) is 0.538. The molecule has 7 heteroatoms. The molecule has 114 valence electrons. The Morgan fingerprint density at radius 3 is 1.75 bits per heavy atom. The molecule has 1 aromatic rings. The van der Waals surface area contributed by atoms with Crippen LogP contribution in [-0.4, -0.2) is 0 Å². The van der Waals surface area contributed by atoms with Crippen molar-refractivity contribution in [3.05, 3.63) is 34.9 Å². The van der Waals surface area contributed by atoms with Crippen molar-refractivity contribution in [1.29, 1.82) is 0 Å². The lowest BCUT2D eigenvalue weighted by Crippen LogP contribution is -2.29. The van der Waals surface area contributed by atoms with E-state index < -0.39 is 34.9 Å². The van der Waals surface area contributed by atoms with Gasteiger partial charge in [-0.25, -0.2) is 0 Å². The van der Waals surface area contributed by atoms with Crippen molar-refractivity contribution in [3.8, 4) is 0 Å². The van der Waals surface area contributed by atoms with Crippen LogP contribution in [0.2, 0.25) is 0 Å². The zero-order valence-electron chi connectivity index (χ0n) is 11.2. The van der Waals surface area contributed by atoms with Gasteiger partial charge in [0, 0.05) is 6.04 Å². The first-order valence-electron chi connectivity index (χ1n) is 5.78. The van der Waals surface area contributed by atoms with Crippen LogP contribution in [0.5, 0.6) is 0 Å². The summed E-state index contributed by atoms with van der Waals surface area (Å²) in [5.74, 6) is 0. The lowest BCUT2D eigenvalue weighted by Gasteiger charge is -2.30. The van der Waals surface area contributed by atoms with E-state index in [-0.39, 0.29) is 11.6 Å². The maximum Gasteiger partial charge on any atom is 0.416 e. The van der Waals surface area contributed by atoms with Gasteiger partial charge in [-0.2, -0.15) is 26.3 Å². The average molecular weight is 299 g/mol. The van der Waals surface area contributed by atoms with Crippen LogP contribution < -0.4 is 5.73 Å². The number of alkyl halides is 6. The largest absolute Gasteiger partial charge is 0.416 e. The molecule has 1 aromatic carbocycles. The summed E-state index contributed by atoms with van der Waals surface area (Å²) in [6.07, 6.45) is -9.72. The van der Waals surface area contributed by atoms with Crippen molar-refractivity contribution >= 4 is 0 Å². The van der Waals surface area contributed by atoms with E-state index >= 15 is 0 Å². The Labute approximate surface area is 112 Å². The summed E-state index contributed by atoms with van der Waals surface area (Å²) in [4.78, 5) is 0. The summed E-state index contributed by atoms with van der Waals surface area (Å²) in [6.45, 7) is 4.86. The first-order chi connectivity index (χ1) is 8.74. The molecule has 0 fully saturated rings. The van der Waals surface area contributed by atoms with Gasteiger partial charge < -0.3 is 5.73 Å². The summed E-state index contributed by atoms with van der Waals surface area (Å²) in [5.41, 5.74) is 2.03. The summed E-state index contributed by atoms with van der Waals surface area (Å²) in [7, 11) is 0. The van der Waals surface area contributed by atoms with Crippen LogP contribution in [0.4, 0.5) is 26.3 Å². The number of hydrogen-bond acceptors (Lipinski definition) is 1. The van der Waals surface area contributed by atoms with Gasteiger partial charge in [-0.05, 0) is 23.1 Å². The lowest BCUT2D eigenvalue weighted by atomic mass is 9.81. The molecule has 0 saturated carbocycles. The minimum atomic E-state index is -4.89. The monoisotopic (exact) mass is 299 g/mol. The van der Waals surface area contributed by atoms with Crippen LogP contribution in [0.15, 0.2) is 18.2 Å². The molecule has 0 bridgehead atoms. The van der Waals surface area contributed by atoms with Crippen molar-refractivity contribution in [2.24, 2.45) is 11.1 Å². The van der Waals surface area contributed by atoms with E-state index in [4.69, 9.17) is 5.73 Å². The Bertz CT molecular complexity index is 481. The zero-order valence-corrected chi connectivity index (χ0v) is 11.2. The normalized spacial score (nSPS) is 15.3. The lowest BCUT2D eigenvalue weighted by molar-refractivity contribution is -0.143. The van der Waals surface area contributed by atoms with Crippen molar-refractivity contribution < 1.29 is 26.3 Å². The number of benzene rings is 1. The topological polar surface area (TPSA) is 26.0 Å². The highest BCUT2D eigenvalue weighted by Gasteiger charge is 2.40. The fourth-order valence-electron chi connectivity index (χ4n) is 1.72. The van der Waals surface area contributed by atoms with Gasteiger partial charge in [-0.3, -0.25) is 0 Å². The Hall–Kier alpha value is -1.24. The molecule has 0 aliphatic heterocycles. The standard InChI is InChI=1S/C13H15F6N/c1-11(2,3)10(20)8-5-4-7(12(14,15)16)6-9(8)13(17,18)19/h4-6,10H,20H2,1-3H3. The van der Waals surface area contributed by atoms with Crippen LogP contribution in [0.3, 0.4) is 0 Å². The van der Waals surface area contributed by atoms with Crippen molar-refractivity contribution in [2.45, 2.75) is 39.2 Å². The summed E-state index contributed by atoms with van der Waals surface area (Å²) < 4.78 is 76.4. The van der Waals surface area contributed by atoms with E-state index in [9.17, 15) is 26.3 Å². The third-order valence-electron chi connectivity index (χ3n) is 2.95. The maximum absolute atomic E-state index is 12.9. The van der Waals surface area contributed by atoms with Crippen LogP contribution in [0.1, 0.15) is 43.5 Å². The van der Waals surface area contributed by atoms with E-state index in [0.29, 0.717) is 6.07 Å². The molecule has 0 aliphatic rings. The van der Waals surface area contributed by atoms with E-state index in [2.05, 4.69) is 0 Å². The molecule has 20 heavy (non-hydrogen) atoms. The molecule has 0 radical (unpaired) electrons. The summed E-state index contributed by atoms with van der Waals surface area (Å²) in [6, 6.07) is 0.514. The molecule has 0 aliphatic carbocycles. The van der Waals surface area contributed by atoms with Gasteiger partial charge in [0.1, 0.15) is 0 Å². The molecule has 1 unspecified atom stereocenters. The number of halogens is 6. The molecule has 1 atom stereocenters. The molecule has 1 nitrogen and oxygen atoms in total. The Kier molecular flexibility index (Phi) is 4.16. The SMILES string of the molecule is CC(C)(C)C(N)c1ccc(C(F)(F)F)cc1C(F)(F)F. The summed E-state index contributed by atoms with van der Waals surface area (Å²) in [5, 5.41) is 0. The second-order valence-corrected chi connectivity index (χ2v) is 5.64. The van der Waals surface area contributed by atoms with E-state index in [1.54, 1.807) is 20.8 Å². The number of rotatable bonds is 1. The predicted octanol–water partition coefficient (Wildman–Crippen LogP) is 4.77. The highest BCUT2D eigenvalue weighted by molar-refractivity contribution is 5.38. The number of nitrogens with two attached hydrogens (primary N) is 1. The first-order valence-corrected chi connectivity index (χ1v) is 5.78. The van der Waals surface area contributed by atoms with Crippen molar-refractivity contribution in [2.75, 3.05) is 0 Å². The van der Waals surface area contributed by atoms with Crippen molar-refractivity contribution in [1.82, 2.24) is 0 Å². The van der Waals surface area contributed by atoms with Gasteiger partial charge in [-0.1, -0.05) is 26.8 Å². The molecule has 0 aromatic heterocycles. The van der Waals surface area contributed by atoms with Gasteiger partial charge in [-0.15, -0.1) is 0 Å². The molecule has 0 heterocycles. The summed E-state index contributed by atoms with van der Waals surface area (Å²) >= 11 is 0. The van der Waals surface area contributed by atoms with Gasteiger partial charge in [0.2, 0.25) is 0 Å². The number of hydrogen-bond donors (Lipinski definition) is 1.